The molecule has 30 heavy (non-hydrogen) atoms. The normalized spacial score (nSPS) is 13.5. The van der Waals surface area contributed by atoms with E-state index in [4.69, 9.17) is 13.7 Å². The number of aromatic nitrogens is 2. The number of rotatable bonds is 6. The highest BCUT2D eigenvalue weighted by atomic mass is 16.5. The number of carbonyl (C=O) groups excluding carboxylic acids is 1. The highest BCUT2D eigenvalue weighted by Gasteiger charge is 2.28. The Morgan fingerprint density at radius 3 is 2.83 bits per heavy atom. The summed E-state index contributed by atoms with van der Waals surface area (Å²) in [4.78, 5) is 17.3. The van der Waals surface area contributed by atoms with E-state index in [0.717, 1.165) is 46.8 Å². The van der Waals surface area contributed by atoms with Crippen LogP contribution in [0.5, 0.6) is 5.75 Å². The van der Waals surface area contributed by atoms with Gasteiger partial charge in [0.25, 0.3) is 5.91 Å². The molecule has 4 aromatic rings. The van der Waals surface area contributed by atoms with Crippen LogP contribution >= 0.6 is 0 Å². The Bertz CT molecular complexity index is 1220. The van der Waals surface area contributed by atoms with E-state index in [9.17, 15) is 4.79 Å². The molecule has 0 unspecified atom stereocenters. The zero-order chi connectivity index (χ0) is 20.7. The second kappa shape index (κ2) is 7.33. The predicted molar refractivity (Wildman–Crippen MR) is 111 cm³/mol. The molecule has 0 bridgehead atoms. The zero-order valence-electron chi connectivity index (χ0n) is 16.8. The van der Waals surface area contributed by atoms with Crippen molar-refractivity contribution in [3.05, 3.63) is 70.9 Å². The fraction of sp³-hybridized carbons (Fsp3) is 0.261. The first kappa shape index (κ1) is 18.4. The number of carbonyl (C=O) groups is 1. The molecule has 1 aliphatic rings. The predicted octanol–water partition coefficient (Wildman–Crippen LogP) is 5.14. The largest absolute Gasteiger partial charge is 0.489 e. The van der Waals surface area contributed by atoms with Crippen LogP contribution < -0.4 is 10.1 Å². The van der Waals surface area contributed by atoms with Gasteiger partial charge in [0.15, 0.2) is 11.5 Å². The molecule has 0 saturated heterocycles. The third-order valence-corrected chi connectivity index (χ3v) is 5.25. The molecule has 0 atom stereocenters. The van der Waals surface area contributed by atoms with Crippen molar-refractivity contribution in [2.24, 2.45) is 0 Å². The first-order valence-electron chi connectivity index (χ1n) is 9.93. The first-order chi connectivity index (χ1) is 14.6. The molecule has 0 aliphatic heterocycles. The summed E-state index contributed by atoms with van der Waals surface area (Å²) in [6.45, 7) is 4.05. The summed E-state index contributed by atoms with van der Waals surface area (Å²) in [6.07, 6.45) is 2.26. The minimum Gasteiger partial charge on any atom is -0.489 e. The fourth-order valence-electron chi connectivity index (χ4n) is 3.32. The van der Waals surface area contributed by atoms with Crippen molar-refractivity contribution in [1.82, 2.24) is 10.1 Å². The Morgan fingerprint density at radius 1 is 1.20 bits per heavy atom. The van der Waals surface area contributed by atoms with Gasteiger partial charge in [-0.3, -0.25) is 4.79 Å². The zero-order valence-corrected chi connectivity index (χ0v) is 16.8. The van der Waals surface area contributed by atoms with Gasteiger partial charge in [0.2, 0.25) is 0 Å². The highest BCUT2D eigenvalue weighted by Crippen LogP contribution is 2.40. The molecule has 2 aromatic carbocycles. The molecule has 0 spiro atoms. The Kier molecular flexibility index (Phi) is 4.50. The summed E-state index contributed by atoms with van der Waals surface area (Å²) in [5.74, 6) is 2.35. The summed E-state index contributed by atoms with van der Waals surface area (Å²) in [6, 6.07) is 12.6. The van der Waals surface area contributed by atoms with Crippen LogP contribution in [0, 0.1) is 13.8 Å². The Hall–Kier alpha value is -3.61. The van der Waals surface area contributed by atoms with E-state index < -0.39 is 0 Å². The first-order valence-corrected chi connectivity index (χ1v) is 9.93. The van der Waals surface area contributed by atoms with Gasteiger partial charge in [-0.25, -0.2) is 4.98 Å². The van der Waals surface area contributed by atoms with Gasteiger partial charge in [0, 0.05) is 17.2 Å². The second-order valence-electron chi connectivity index (χ2n) is 7.58. The molecule has 1 saturated carbocycles. The molecule has 1 fully saturated rings. The smallest absolute Gasteiger partial charge is 0.255 e. The molecule has 1 N–H and O–H groups in total. The lowest BCUT2D eigenvalue weighted by molar-refractivity contribution is 0.102. The molecule has 7 heteroatoms. The minimum atomic E-state index is -0.219. The SMILES string of the molecule is Cc1noc(C)c1COc1cccc(C(=O)Nc2ccc3oc(C4CC4)nc3c2)c1. The average molecular weight is 403 g/mol. The Balaban J connectivity index is 1.29. The summed E-state index contributed by atoms with van der Waals surface area (Å²) < 4.78 is 16.8. The van der Waals surface area contributed by atoms with E-state index in [2.05, 4.69) is 15.5 Å². The lowest BCUT2D eigenvalue weighted by atomic mass is 10.2. The molecule has 2 aromatic heterocycles. The van der Waals surface area contributed by atoms with Crippen molar-refractivity contribution < 1.29 is 18.5 Å². The van der Waals surface area contributed by atoms with Gasteiger partial charge in [-0.2, -0.15) is 0 Å². The number of hydrogen-bond acceptors (Lipinski definition) is 6. The lowest BCUT2D eigenvalue weighted by Gasteiger charge is -2.09. The van der Waals surface area contributed by atoms with E-state index in [1.807, 2.05) is 38.1 Å². The average Bonchev–Trinajstić information content (AvgIpc) is 3.44. The molecule has 0 radical (unpaired) electrons. The number of hydrogen-bond donors (Lipinski definition) is 1. The van der Waals surface area contributed by atoms with E-state index >= 15 is 0 Å². The molecular weight excluding hydrogens is 382 g/mol. The monoisotopic (exact) mass is 403 g/mol. The molecule has 5 rings (SSSR count). The maximum absolute atomic E-state index is 12.7. The minimum absolute atomic E-state index is 0.219. The van der Waals surface area contributed by atoms with Crippen LogP contribution in [0.4, 0.5) is 5.69 Å². The summed E-state index contributed by atoms with van der Waals surface area (Å²) in [5, 5.41) is 6.84. The molecule has 1 aliphatic carbocycles. The Morgan fingerprint density at radius 2 is 2.07 bits per heavy atom. The second-order valence-corrected chi connectivity index (χ2v) is 7.58. The number of aryl methyl sites for hydroxylation is 2. The number of amides is 1. The lowest BCUT2D eigenvalue weighted by Crippen LogP contribution is -2.12. The van der Waals surface area contributed by atoms with Crippen molar-refractivity contribution in [3.8, 4) is 5.75 Å². The van der Waals surface area contributed by atoms with Crippen molar-refractivity contribution in [2.75, 3.05) is 5.32 Å². The maximum atomic E-state index is 12.7. The van der Waals surface area contributed by atoms with Crippen molar-refractivity contribution in [3.63, 3.8) is 0 Å². The molecule has 7 nitrogen and oxygen atoms in total. The number of fused-ring (bicyclic) bond motifs is 1. The maximum Gasteiger partial charge on any atom is 0.255 e. The van der Waals surface area contributed by atoms with Gasteiger partial charge in [0.1, 0.15) is 23.6 Å². The summed E-state index contributed by atoms with van der Waals surface area (Å²) in [7, 11) is 0. The molecule has 152 valence electrons. The fourth-order valence-corrected chi connectivity index (χ4v) is 3.32. The van der Waals surface area contributed by atoms with Crippen LogP contribution in [0.25, 0.3) is 11.1 Å². The van der Waals surface area contributed by atoms with Crippen molar-refractivity contribution in [2.45, 2.75) is 39.2 Å². The molecule has 1 amide bonds. The van der Waals surface area contributed by atoms with E-state index in [0.29, 0.717) is 29.5 Å². The number of ether oxygens (including phenoxy) is 1. The van der Waals surface area contributed by atoms with E-state index in [1.165, 1.54) is 0 Å². The number of nitrogens with one attached hydrogen (secondary N) is 1. The van der Waals surface area contributed by atoms with Crippen LogP contribution in [0.2, 0.25) is 0 Å². The van der Waals surface area contributed by atoms with Gasteiger partial charge in [0.05, 0.1) is 11.3 Å². The highest BCUT2D eigenvalue weighted by molar-refractivity contribution is 6.05. The van der Waals surface area contributed by atoms with Crippen LogP contribution in [0.3, 0.4) is 0 Å². The topological polar surface area (TPSA) is 90.4 Å². The number of benzene rings is 2. The Labute approximate surface area is 173 Å². The van der Waals surface area contributed by atoms with Crippen molar-refractivity contribution in [1.29, 1.82) is 0 Å². The van der Waals surface area contributed by atoms with E-state index in [-0.39, 0.29) is 5.91 Å². The number of anilines is 1. The van der Waals surface area contributed by atoms with E-state index in [1.54, 1.807) is 18.2 Å². The van der Waals surface area contributed by atoms with Crippen LogP contribution in [-0.4, -0.2) is 16.0 Å². The summed E-state index contributed by atoms with van der Waals surface area (Å²) in [5.41, 5.74) is 4.39. The van der Waals surface area contributed by atoms with Gasteiger partial charge >= 0.3 is 0 Å². The number of oxazole rings is 1. The van der Waals surface area contributed by atoms with Crippen LogP contribution in [0.15, 0.2) is 51.4 Å². The van der Waals surface area contributed by atoms with Gasteiger partial charge in [-0.1, -0.05) is 11.2 Å². The molecular formula is C23H21N3O4. The quantitative estimate of drug-likeness (QED) is 0.479. The third-order valence-electron chi connectivity index (χ3n) is 5.25. The van der Waals surface area contributed by atoms with Gasteiger partial charge in [-0.05, 0) is 63.1 Å². The number of nitrogens with zero attached hydrogens (tertiary/aromatic N) is 2. The molecule has 2 heterocycles. The van der Waals surface area contributed by atoms with Crippen LogP contribution in [-0.2, 0) is 6.61 Å². The van der Waals surface area contributed by atoms with Gasteiger partial charge in [-0.15, -0.1) is 0 Å². The van der Waals surface area contributed by atoms with Gasteiger partial charge < -0.3 is 19.0 Å². The van der Waals surface area contributed by atoms with Crippen LogP contribution in [0.1, 0.15) is 52.0 Å². The van der Waals surface area contributed by atoms with Crippen molar-refractivity contribution >= 4 is 22.7 Å². The summed E-state index contributed by atoms with van der Waals surface area (Å²) >= 11 is 0. The standard InChI is InChI=1S/C23H21N3O4/c1-13-19(14(2)30-26-13)12-28-18-5-3-4-16(10-18)22(27)24-17-8-9-21-20(11-17)25-23(29-21)15-6-7-15/h3-5,8-11,15H,6-7,12H2,1-2H3,(H,24,27). The third kappa shape index (κ3) is 3.66.